The molecule has 10 heteroatoms. The van der Waals surface area contributed by atoms with E-state index in [-0.39, 0.29) is 24.0 Å². The van der Waals surface area contributed by atoms with E-state index in [1.807, 2.05) is 28.8 Å². The number of aliphatic imine (C=N–C) groups is 1. The zero-order valence-electron chi connectivity index (χ0n) is 16.4. The standard InChI is InChI=1S/C18H27N9.HI/c1-3-5-9-19-18(20-10-12-26-14-22-23-15(26)4-2)21-13-17-25-24-16-8-6-7-11-27(16)17;/h6-8,11,14H,3-5,9-10,12-13H2,1-2H3,(H2,19,20,21);1H. The number of unbranched alkanes of at least 4 members (excludes halogenated alkanes) is 1. The molecule has 152 valence electrons. The van der Waals surface area contributed by atoms with E-state index in [2.05, 4.69) is 54.4 Å². The highest BCUT2D eigenvalue weighted by Gasteiger charge is 2.06. The number of fused-ring (bicyclic) bond motifs is 1. The minimum Gasteiger partial charge on any atom is -0.356 e. The molecule has 9 nitrogen and oxygen atoms in total. The first-order chi connectivity index (χ1) is 13.3. The van der Waals surface area contributed by atoms with Gasteiger partial charge in [-0.1, -0.05) is 26.3 Å². The number of aryl methyl sites for hydroxylation is 1. The van der Waals surface area contributed by atoms with Crippen LogP contribution in [0.2, 0.25) is 0 Å². The third kappa shape index (κ3) is 5.88. The Morgan fingerprint density at radius 3 is 2.75 bits per heavy atom. The summed E-state index contributed by atoms with van der Waals surface area (Å²) in [5.74, 6) is 2.58. The molecule has 3 heterocycles. The van der Waals surface area contributed by atoms with Gasteiger partial charge in [-0.25, -0.2) is 4.99 Å². The van der Waals surface area contributed by atoms with Crippen LogP contribution in [0.25, 0.3) is 5.65 Å². The van der Waals surface area contributed by atoms with Crippen molar-refractivity contribution in [3.8, 4) is 0 Å². The van der Waals surface area contributed by atoms with Crippen LogP contribution < -0.4 is 10.6 Å². The fraction of sp³-hybridized carbons (Fsp3) is 0.500. The maximum atomic E-state index is 4.68. The number of hydrogen-bond donors (Lipinski definition) is 2. The van der Waals surface area contributed by atoms with Gasteiger partial charge in [0.2, 0.25) is 0 Å². The number of hydrogen-bond acceptors (Lipinski definition) is 5. The van der Waals surface area contributed by atoms with Gasteiger partial charge in [0.25, 0.3) is 0 Å². The van der Waals surface area contributed by atoms with E-state index in [0.717, 1.165) is 62.2 Å². The molecular formula is C18H28IN9. The third-order valence-electron chi connectivity index (χ3n) is 4.24. The quantitative estimate of drug-likeness (QED) is 0.203. The van der Waals surface area contributed by atoms with Crippen molar-refractivity contribution in [2.24, 2.45) is 4.99 Å². The highest BCUT2D eigenvalue weighted by molar-refractivity contribution is 14.0. The highest BCUT2D eigenvalue weighted by atomic mass is 127. The predicted octanol–water partition coefficient (Wildman–Crippen LogP) is 2.04. The number of pyridine rings is 1. The molecule has 0 atom stereocenters. The Kier molecular flexibility index (Phi) is 9.11. The summed E-state index contributed by atoms with van der Waals surface area (Å²) in [5, 5.41) is 23.3. The molecule has 28 heavy (non-hydrogen) atoms. The van der Waals surface area contributed by atoms with Gasteiger partial charge >= 0.3 is 0 Å². The summed E-state index contributed by atoms with van der Waals surface area (Å²) in [4.78, 5) is 4.68. The van der Waals surface area contributed by atoms with Gasteiger partial charge in [0, 0.05) is 32.3 Å². The van der Waals surface area contributed by atoms with Crippen molar-refractivity contribution in [1.82, 2.24) is 40.0 Å². The number of halogens is 1. The molecule has 0 aliphatic heterocycles. The largest absolute Gasteiger partial charge is 0.356 e. The van der Waals surface area contributed by atoms with E-state index in [1.54, 1.807) is 6.33 Å². The molecule has 0 aliphatic rings. The van der Waals surface area contributed by atoms with Crippen LogP contribution in [0, 0.1) is 0 Å². The zero-order chi connectivity index (χ0) is 18.9. The molecule has 0 fully saturated rings. The van der Waals surface area contributed by atoms with Crippen LogP contribution in [0.1, 0.15) is 38.3 Å². The van der Waals surface area contributed by atoms with Gasteiger partial charge in [0.15, 0.2) is 17.4 Å². The average molecular weight is 497 g/mol. The van der Waals surface area contributed by atoms with Crippen molar-refractivity contribution < 1.29 is 0 Å². The lowest BCUT2D eigenvalue weighted by molar-refractivity contribution is 0.628. The van der Waals surface area contributed by atoms with Gasteiger partial charge in [-0.3, -0.25) is 4.40 Å². The number of nitrogens with one attached hydrogen (secondary N) is 2. The molecule has 0 spiro atoms. The summed E-state index contributed by atoms with van der Waals surface area (Å²) < 4.78 is 4.01. The van der Waals surface area contributed by atoms with Crippen LogP contribution in [-0.2, 0) is 19.5 Å². The fourth-order valence-electron chi connectivity index (χ4n) is 2.74. The van der Waals surface area contributed by atoms with Gasteiger partial charge < -0.3 is 15.2 Å². The second-order valence-electron chi connectivity index (χ2n) is 6.21. The summed E-state index contributed by atoms with van der Waals surface area (Å²) >= 11 is 0. The van der Waals surface area contributed by atoms with Crippen molar-refractivity contribution in [2.75, 3.05) is 13.1 Å². The normalized spacial score (nSPS) is 11.4. The van der Waals surface area contributed by atoms with E-state index in [0.29, 0.717) is 6.54 Å². The minimum absolute atomic E-state index is 0. The second kappa shape index (κ2) is 11.6. The molecule has 0 bridgehead atoms. The van der Waals surface area contributed by atoms with E-state index < -0.39 is 0 Å². The summed E-state index contributed by atoms with van der Waals surface area (Å²) in [5.41, 5.74) is 0.829. The van der Waals surface area contributed by atoms with E-state index in [4.69, 9.17) is 0 Å². The Balaban J connectivity index is 0.00000280. The Labute approximate surface area is 182 Å². The van der Waals surface area contributed by atoms with Gasteiger partial charge in [-0.2, -0.15) is 0 Å². The molecule has 3 aromatic heterocycles. The predicted molar refractivity (Wildman–Crippen MR) is 120 cm³/mol. The molecule has 0 radical (unpaired) electrons. The van der Waals surface area contributed by atoms with Gasteiger partial charge in [0.05, 0.1) is 0 Å². The van der Waals surface area contributed by atoms with Crippen LogP contribution in [0.4, 0.5) is 0 Å². The SMILES string of the molecule is CCCCNC(=NCc1nnc2ccccn12)NCCn1cnnc1CC.I. The summed E-state index contributed by atoms with van der Waals surface area (Å²) in [6.07, 6.45) is 6.82. The van der Waals surface area contributed by atoms with Crippen molar-refractivity contribution in [3.63, 3.8) is 0 Å². The van der Waals surface area contributed by atoms with Crippen LogP contribution in [-0.4, -0.2) is 48.4 Å². The molecule has 0 amide bonds. The topological polar surface area (TPSA) is 97.3 Å². The van der Waals surface area contributed by atoms with Gasteiger partial charge in [-0.15, -0.1) is 44.4 Å². The molecule has 0 aromatic carbocycles. The van der Waals surface area contributed by atoms with Crippen molar-refractivity contribution >= 4 is 35.6 Å². The van der Waals surface area contributed by atoms with Crippen LogP contribution >= 0.6 is 24.0 Å². The van der Waals surface area contributed by atoms with E-state index in [9.17, 15) is 0 Å². The molecule has 3 rings (SSSR count). The number of rotatable bonds is 9. The summed E-state index contributed by atoms with van der Waals surface area (Å²) in [6.45, 7) is 7.12. The fourth-order valence-corrected chi connectivity index (χ4v) is 2.74. The first kappa shape index (κ1) is 22.1. The summed E-state index contributed by atoms with van der Waals surface area (Å²) in [7, 11) is 0. The zero-order valence-corrected chi connectivity index (χ0v) is 18.7. The Bertz CT molecular complexity index is 871. The Morgan fingerprint density at radius 2 is 1.93 bits per heavy atom. The van der Waals surface area contributed by atoms with Crippen LogP contribution in [0.3, 0.4) is 0 Å². The van der Waals surface area contributed by atoms with Crippen molar-refractivity contribution in [3.05, 3.63) is 42.4 Å². The molecule has 0 saturated heterocycles. The van der Waals surface area contributed by atoms with E-state index in [1.165, 1.54) is 0 Å². The smallest absolute Gasteiger partial charge is 0.191 e. The minimum atomic E-state index is 0. The lowest BCUT2D eigenvalue weighted by Gasteiger charge is -2.13. The third-order valence-corrected chi connectivity index (χ3v) is 4.24. The molecule has 0 aliphatic carbocycles. The number of aromatic nitrogens is 6. The molecular weight excluding hydrogens is 469 g/mol. The van der Waals surface area contributed by atoms with Crippen LogP contribution in [0.5, 0.6) is 0 Å². The number of guanidine groups is 1. The molecule has 2 N–H and O–H groups in total. The molecule has 0 saturated carbocycles. The first-order valence-electron chi connectivity index (χ1n) is 9.49. The summed E-state index contributed by atoms with van der Waals surface area (Å²) in [6, 6.07) is 5.85. The Morgan fingerprint density at radius 1 is 1.07 bits per heavy atom. The first-order valence-corrected chi connectivity index (χ1v) is 9.49. The van der Waals surface area contributed by atoms with Gasteiger partial charge in [-0.05, 0) is 18.6 Å². The average Bonchev–Trinajstić information content (AvgIpc) is 3.32. The Hall–Kier alpha value is -2.24. The van der Waals surface area contributed by atoms with Gasteiger partial charge in [0.1, 0.15) is 18.7 Å². The monoisotopic (exact) mass is 497 g/mol. The molecule has 0 unspecified atom stereocenters. The van der Waals surface area contributed by atoms with Crippen LogP contribution in [0.15, 0.2) is 35.7 Å². The lowest BCUT2D eigenvalue weighted by atomic mass is 10.3. The lowest BCUT2D eigenvalue weighted by Crippen LogP contribution is -2.39. The number of nitrogens with zero attached hydrogens (tertiary/aromatic N) is 7. The highest BCUT2D eigenvalue weighted by Crippen LogP contribution is 2.03. The maximum absolute atomic E-state index is 4.68. The van der Waals surface area contributed by atoms with Crippen molar-refractivity contribution in [1.29, 1.82) is 0 Å². The second-order valence-corrected chi connectivity index (χ2v) is 6.21. The molecule has 3 aromatic rings. The maximum Gasteiger partial charge on any atom is 0.191 e. The van der Waals surface area contributed by atoms with E-state index >= 15 is 0 Å². The van der Waals surface area contributed by atoms with Crippen molar-refractivity contribution in [2.45, 2.75) is 46.2 Å².